The van der Waals surface area contributed by atoms with Crippen molar-refractivity contribution in [3.8, 4) is 0 Å². The molecule has 0 unspecified atom stereocenters. The summed E-state index contributed by atoms with van der Waals surface area (Å²) >= 11 is 3.17. The summed E-state index contributed by atoms with van der Waals surface area (Å²) in [6.45, 7) is 0.753. The number of halogens is 1. The molecule has 0 rings (SSSR count). The standard InChI is InChI=1S/C6H12BrNO3/c1-10-6(9)5(8)4-11-3-2-7/h5H,2-4,8H2,1H3/t5-/m0/s1. The summed E-state index contributed by atoms with van der Waals surface area (Å²) < 4.78 is 9.38. The fraction of sp³-hybridized carbons (Fsp3) is 0.833. The number of methoxy groups -OCH3 is 1. The van der Waals surface area contributed by atoms with Crippen molar-refractivity contribution in [1.29, 1.82) is 0 Å². The first kappa shape index (κ1) is 10.9. The minimum Gasteiger partial charge on any atom is -0.468 e. The summed E-state index contributed by atoms with van der Waals surface area (Å²) in [5.74, 6) is -0.445. The van der Waals surface area contributed by atoms with Crippen molar-refractivity contribution in [2.75, 3.05) is 25.7 Å². The zero-order valence-electron chi connectivity index (χ0n) is 6.38. The van der Waals surface area contributed by atoms with Gasteiger partial charge in [0.2, 0.25) is 0 Å². The van der Waals surface area contributed by atoms with E-state index < -0.39 is 12.0 Å². The number of esters is 1. The third-order valence-electron chi connectivity index (χ3n) is 1.02. The summed E-state index contributed by atoms with van der Waals surface area (Å²) in [7, 11) is 1.30. The molecular formula is C6H12BrNO3. The largest absolute Gasteiger partial charge is 0.468 e. The molecule has 0 saturated heterocycles. The van der Waals surface area contributed by atoms with E-state index in [1.807, 2.05) is 0 Å². The number of alkyl halides is 1. The van der Waals surface area contributed by atoms with Crippen molar-refractivity contribution in [1.82, 2.24) is 0 Å². The van der Waals surface area contributed by atoms with Gasteiger partial charge in [0.05, 0.1) is 20.3 Å². The van der Waals surface area contributed by atoms with Gasteiger partial charge in [0.15, 0.2) is 0 Å². The molecule has 0 bridgehead atoms. The molecule has 0 aromatic heterocycles. The highest BCUT2D eigenvalue weighted by Gasteiger charge is 2.12. The van der Waals surface area contributed by atoms with Crippen LogP contribution in [-0.2, 0) is 14.3 Å². The Morgan fingerprint density at radius 3 is 2.82 bits per heavy atom. The number of hydrogen-bond acceptors (Lipinski definition) is 4. The van der Waals surface area contributed by atoms with Crippen LogP contribution in [0.1, 0.15) is 0 Å². The van der Waals surface area contributed by atoms with Crippen LogP contribution in [0.15, 0.2) is 0 Å². The summed E-state index contributed by atoms with van der Waals surface area (Å²) in [5.41, 5.74) is 5.35. The molecule has 0 amide bonds. The van der Waals surface area contributed by atoms with Crippen LogP contribution in [0.5, 0.6) is 0 Å². The average molecular weight is 226 g/mol. The number of ether oxygens (including phenoxy) is 2. The smallest absolute Gasteiger partial charge is 0.325 e. The minimum atomic E-state index is -0.668. The quantitative estimate of drug-likeness (QED) is 0.404. The van der Waals surface area contributed by atoms with Gasteiger partial charge in [0, 0.05) is 5.33 Å². The monoisotopic (exact) mass is 225 g/mol. The molecule has 2 N–H and O–H groups in total. The molecule has 5 heteroatoms. The van der Waals surface area contributed by atoms with Gasteiger partial charge < -0.3 is 15.2 Å². The maximum absolute atomic E-state index is 10.7. The van der Waals surface area contributed by atoms with E-state index in [0.717, 1.165) is 5.33 Å². The summed E-state index contributed by atoms with van der Waals surface area (Å²) in [6.07, 6.45) is 0. The molecule has 0 spiro atoms. The van der Waals surface area contributed by atoms with E-state index in [2.05, 4.69) is 20.7 Å². The molecular weight excluding hydrogens is 214 g/mol. The lowest BCUT2D eigenvalue weighted by Crippen LogP contribution is -2.36. The number of hydrogen-bond donors (Lipinski definition) is 1. The Kier molecular flexibility index (Phi) is 6.49. The lowest BCUT2D eigenvalue weighted by Gasteiger charge is -2.08. The summed E-state index contributed by atoms with van der Waals surface area (Å²) in [6, 6.07) is -0.668. The first-order valence-electron chi connectivity index (χ1n) is 3.19. The van der Waals surface area contributed by atoms with E-state index in [9.17, 15) is 4.79 Å². The fourth-order valence-electron chi connectivity index (χ4n) is 0.484. The van der Waals surface area contributed by atoms with Crippen LogP contribution in [0, 0.1) is 0 Å². The second kappa shape index (κ2) is 6.57. The molecule has 0 aliphatic heterocycles. The van der Waals surface area contributed by atoms with Crippen LogP contribution in [-0.4, -0.2) is 37.7 Å². The first-order chi connectivity index (χ1) is 5.22. The highest BCUT2D eigenvalue weighted by molar-refractivity contribution is 9.09. The van der Waals surface area contributed by atoms with Gasteiger partial charge in [-0.15, -0.1) is 0 Å². The van der Waals surface area contributed by atoms with Crippen LogP contribution < -0.4 is 5.73 Å². The zero-order chi connectivity index (χ0) is 8.69. The Bertz CT molecular complexity index is 120. The molecule has 0 radical (unpaired) electrons. The number of carbonyl (C=O) groups excluding carboxylic acids is 1. The van der Waals surface area contributed by atoms with E-state index in [1.165, 1.54) is 7.11 Å². The van der Waals surface area contributed by atoms with Gasteiger partial charge in [0.1, 0.15) is 6.04 Å². The van der Waals surface area contributed by atoms with Crippen LogP contribution in [0.25, 0.3) is 0 Å². The molecule has 66 valence electrons. The summed E-state index contributed by atoms with van der Waals surface area (Å²) in [4.78, 5) is 10.7. The van der Waals surface area contributed by atoms with Gasteiger partial charge in [-0.25, -0.2) is 0 Å². The van der Waals surface area contributed by atoms with Crippen molar-refractivity contribution >= 4 is 21.9 Å². The predicted molar refractivity (Wildman–Crippen MR) is 44.6 cm³/mol. The Labute approximate surface area is 74.2 Å². The molecule has 4 nitrogen and oxygen atoms in total. The van der Waals surface area contributed by atoms with Crippen molar-refractivity contribution < 1.29 is 14.3 Å². The maximum Gasteiger partial charge on any atom is 0.325 e. The van der Waals surface area contributed by atoms with Gasteiger partial charge in [-0.2, -0.15) is 0 Å². The van der Waals surface area contributed by atoms with E-state index in [-0.39, 0.29) is 6.61 Å². The normalized spacial score (nSPS) is 12.6. The van der Waals surface area contributed by atoms with E-state index in [4.69, 9.17) is 10.5 Å². The Morgan fingerprint density at radius 1 is 1.73 bits per heavy atom. The third-order valence-corrected chi connectivity index (χ3v) is 1.35. The van der Waals surface area contributed by atoms with Crippen LogP contribution in [0.2, 0.25) is 0 Å². The van der Waals surface area contributed by atoms with Crippen LogP contribution in [0.3, 0.4) is 0 Å². The highest BCUT2D eigenvalue weighted by atomic mass is 79.9. The van der Waals surface area contributed by atoms with Crippen molar-refractivity contribution in [2.45, 2.75) is 6.04 Å². The molecule has 11 heavy (non-hydrogen) atoms. The van der Waals surface area contributed by atoms with Gasteiger partial charge in [-0.05, 0) is 0 Å². The maximum atomic E-state index is 10.7. The predicted octanol–water partition coefficient (Wildman–Crippen LogP) is -0.102. The Morgan fingerprint density at radius 2 is 2.36 bits per heavy atom. The second-order valence-corrected chi connectivity index (χ2v) is 2.69. The van der Waals surface area contributed by atoms with E-state index >= 15 is 0 Å². The van der Waals surface area contributed by atoms with E-state index in [0.29, 0.717) is 6.61 Å². The summed E-state index contributed by atoms with van der Waals surface area (Å²) in [5, 5.41) is 0.737. The molecule has 0 aliphatic carbocycles. The lowest BCUT2D eigenvalue weighted by atomic mass is 10.3. The lowest BCUT2D eigenvalue weighted by molar-refractivity contribution is -0.143. The molecule has 0 heterocycles. The number of carbonyl (C=O) groups is 1. The molecule has 0 aliphatic rings. The zero-order valence-corrected chi connectivity index (χ0v) is 7.96. The molecule has 0 aromatic rings. The first-order valence-corrected chi connectivity index (χ1v) is 4.31. The van der Waals surface area contributed by atoms with Crippen molar-refractivity contribution in [3.05, 3.63) is 0 Å². The SMILES string of the molecule is COC(=O)[C@@H](N)COCCBr. The molecule has 0 aromatic carbocycles. The van der Waals surface area contributed by atoms with Crippen molar-refractivity contribution in [2.24, 2.45) is 5.73 Å². The topological polar surface area (TPSA) is 61.5 Å². The molecule has 0 fully saturated rings. The fourth-order valence-corrected chi connectivity index (χ4v) is 0.713. The minimum absolute atomic E-state index is 0.207. The van der Waals surface area contributed by atoms with Crippen LogP contribution in [0.4, 0.5) is 0 Å². The van der Waals surface area contributed by atoms with Gasteiger partial charge in [-0.1, -0.05) is 15.9 Å². The van der Waals surface area contributed by atoms with E-state index in [1.54, 1.807) is 0 Å². The second-order valence-electron chi connectivity index (χ2n) is 1.89. The van der Waals surface area contributed by atoms with Gasteiger partial charge >= 0.3 is 5.97 Å². The number of rotatable bonds is 5. The van der Waals surface area contributed by atoms with Crippen LogP contribution >= 0.6 is 15.9 Å². The van der Waals surface area contributed by atoms with Gasteiger partial charge in [0.25, 0.3) is 0 Å². The Hall–Kier alpha value is -0.130. The number of nitrogens with two attached hydrogens (primary N) is 1. The molecule has 0 saturated carbocycles. The molecule has 1 atom stereocenters. The third kappa shape index (κ3) is 5.17. The highest BCUT2D eigenvalue weighted by Crippen LogP contribution is 1.87. The average Bonchev–Trinajstić information content (AvgIpc) is 2.03. The van der Waals surface area contributed by atoms with Crippen molar-refractivity contribution in [3.63, 3.8) is 0 Å². The Balaban J connectivity index is 3.36. The van der Waals surface area contributed by atoms with Gasteiger partial charge in [-0.3, -0.25) is 4.79 Å².